The summed E-state index contributed by atoms with van der Waals surface area (Å²) in [5, 5.41) is 0. The third-order valence-corrected chi connectivity index (χ3v) is 7.21. The van der Waals surface area contributed by atoms with Crippen LogP contribution in [0.2, 0.25) is 0 Å². The fourth-order valence-electron chi connectivity index (χ4n) is 3.36. The van der Waals surface area contributed by atoms with Gasteiger partial charge in [-0.1, -0.05) is 18.3 Å². The molecule has 1 aliphatic heterocycles. The topological polar surface area (TPSA) is 71.4 Å². The monoisotopic (exact) mass is 383 g/mol. The first-order valence-corrected chi connectivity index (χ1v) is 11.0. The first-order valence-electron chi connectivity index (χ1n) is 8.68. The minimum atomic E-state index is -3.54. The number of aryl methyl sites for hydroxylation is 1. The number of rotatable bonds is 6. The Kier molecular flexibility index (Phi) is 5.62. The number of likely N-dealkylation sites (tertiary alicyclic amines) is 1. The Morgan fingerprint density at radius 2 is 2.16 bits per heavy atom. The van der Waals surface area contributed by atoms with Gasteiger partial charge in [-0.25, -0.2) is 13.1 Å². The Morgan fingerprint density at radius 1 is 1.36 bits per heavy atom. The van der Waals surface area contributed by atoms with Crippen molar-refractivity contribution in [2.45, 2.75) is 31.1 Å². The summed E-state index contributed by atoms with van der Waals surface area (Å²) in [6.07, 6.45) is 3.32. The molecule has 1 aromatic heterocycles. The van der Waals surface area contributed by atoms with Crippen LogP contribution in [-0.2, 0) is 17.1 Å². The van der Waals surface area contributed by atoms with Gasteiger partial charge in [0.05, 0.1) is 15.1 Å². The summed E-state index contributed by atoms with van der Waals surface area (Å²) in [5.74, 6) is 0.732. The van der Waals surface area contributed by atoms with E-state index < -0.39 is 10.0 Å². The molecule has 138 valence electrons. The highest BCUT2D eigenvalue weighted by Gasteiger charge is 2.18. The van der Waals surface area contributed by atoms with Crippen LogP contribution in [0.1, 0.15) is 26.2 Å². The SMILES string of the molecule is C[C@@H]1CCCN(CCCNS(=O)(=O)c2ccc3c(c2)sc(=O)n3C)C1. The van der Waals surface area contributed by atoms with Gasteiger partial charge in [-0.15, -0.1) is 0 Å². The van der Waals surface area contributed by atoms with Crippen LogP contribution in [0.4, 0.5) is 0 Å². The van der Waals surface area contributed by atoms with E-state index in [9.17, 15) is 13.2 Å². The van der Waals surface area contributed by atoms with E-state index in [1.165, 1.54) is 17.4 Å². The minimum Gasteiger partial charge on any atom is -0.303 e. The van der Waals surface area contributed by atoms with E-state index in [-0.39, 0.29) is 9.77 Å². The Bertz CT molecular complexity index is 901. The van der Waals surface area contributed by atoms with E-state index in [0.29, 0.717) is 11.2 Å². The van der Waals surface area contributed by atoms with E-state index in [2.05, 4.69) is 16.5 Å². The number of sulfonamides is 1. The maximum Gasteiger partial charge on any atom is 0.307 e. The maximum atomic E-state index is 12.5. The number of aromatic nitrogens is 1. The van der Waals surface area contributed by atoms with Crippen molar-refractivity contribution in [2.75, 3.05) is 26.2 Å². The van der Waals surface area contributed by atoms with Crippen molar-refractivity contribution in [1.82, 2.24) is 14.2 Å². The Hall–Kier alpha value is -1.22. The van der Waals surface area contributed by atoms with E-state index >= 15 is 0 Å². The lowest BCUT2D eigenvalue weighted by molar-refractivity contribution is 0.182. The molecule has 1 aliphatic rings. The van der Waals surface area contributed by atoms with Gasteiger partial charge in [0.25, 0.3) is 0 Å². The van der Waals surface area contributed by atoms with Crippen molar-refractivity contribution in [3.8, 4) is 0 Å². The molecule has 0 bridgehead atoms. The Morgan fingerprint density at radius 3 is 2.92 bits per heavy atom. The summed E-state index contributed by atoms with van der Waals surface area (Å²) < 4.78 is 29.8. The third kappa shape index (κ3) is 4.31. The second kappa shape index (κ2) is 7.57. The van der Waals surface area contributed by atoms with Crippen LogP contribution in [0.25, 0.3) is 10.2 Å². The number of hydrogen-bond donors (Lipinski definition) is 1. The number of hydrogen-bond acceptors (Lipinski definition) is 5. The van der Waals surface area contributed by atoms with Gasteiger partial charge in [-0.2, -0.15) is 0 Å². The molecule has 0 spiro atoms. The number of thiazole rings is 1. The van der Waals surface area contributed by atoms with Crippen LogP contribution >= 0.6 is 11.3 Å². The molecule has 6 nitrogen and oxygen atoms in total. The van der Waals surface area contributed by atoms with Crippen molar-refractivity contribution in [2.24, 2.45) is 13.0 Å². The van der Waals surface area contributed by atoms with Gasteiger partial charge in [0.2, 0.25) is 10.0 Å². The van der Waals surface area contributed by atoms with Crippen LogP contribution in [0, 0.1) is 5.92 Å². The normalized spacial score (nSPS) is 19.5. The van der Waals surface area contributed by atoms with Crippen LogP contribution < -0.4 is 9.60 Å². The zero-order valence-corrected chi connectivity index (χ0v) is 16.3. The summed E-state index contributed by atoms with van der Waals surface area (Å²) in [7, 11) is -1.85. The molecular weight excluding hydrogens is 358 g/mol. The molecule has 0 unspecified atom stereocenters. The van der Waals surface area contributed by atoms with Gasteiger partial charge in [-0.3, -0.25) is 4.79 Å². The number of nitrogens with zero attached hydrogens (tertiary/aromatic N) is 2. The van der Waals surface area contributed by atoms with Crippen LogP contribution in [0.15, 0.2) is 27.9 Å². The van der Waals surface area contributed by atoms with Crippen molar-refractivity contribution >= 4 is 31.6 Å². The fourth-order valence-corrected chi connectivity index (χ4v) is 5.46. The van der Waals surface area contributed by atoms with Gasteiger partial charge < -0.3 is 9.47 Å². The van der Waals surface area contributed by atoms with Crippen molar-refractivity contribution in [3.05, 3.63) is 27.9 Å². The molecule has 25 heavy (non-hydrogen) atoms. The molecule has 0 amide bonds. The lowest BCUT2D eigenvalue weighted by atomic mass is 10.0. The summed E-state index contributed by atoms with van der Waals surface area (Å²) in [6, 6.07) is 4.83. The lowest BCUT2D eigenvalue weighted by Crippen LogP contribution is -2.36. The zero-order chi connectivity index (χ0) is 18.0. The van der Waals surface area contributed by atoms with E-state index in [1.807, 2.05) is 0 Å². The molecule has 1 atom stereocenters. The maximum absolute atomic E-state index is 12.5. The molecule has 1 saturated heterocycles. The number of nitrogens with one attached hydrogen (secondary N) is 1. The molecule has 1 N–H and O–H groups in total. The van der Waals surface area contributed by atoms with E-state index in [1.54, 1.807) is 25.2 Å². The fraction of sp³-hybridized carbons (Fsp3) is 0.588. The number of piperidine rings is 1. The highest BCUT2D eigenvalue weighted by atomic mass is 32.2. The highest BCUT2D eigenvalue weighted by Crippen LogP contribution is 2.21. The molecule has 1 fully saturated rings. The van der Waals surface area contributed by atoms with Crippen molar-refractivity contribution < 1.29 is 8.42 Å². The van der Waals surface area contributed by atoms with E-state index in [0.717, 1.165) is 48.8 Å². The summed E-state index contributed by atoms with van der Waals surface area (Å²) in [5.41, 5.74) is 0.758. The Labute approximate surface area is 152 Å². The highest BCUT2D eigenvalue weighted by molar-refractivity contribution is 7.89. The van der Waals surface area contributed by atoms with Crippen LogP contribution in [-0.4, -0.2) is 44.1 Å². The van der Waals surface area contributed by atoms with Crippen LogP contribution in [0.5, 0.6) is 0 Å². The summed E-state index contributed by atoms with van der Waals surface area (Å²) in [6.45, 7) is 5.84. The quantitative estimate of drug-likeness (QED) is 0.775. The van der Waals surface area contributed by atoms with Gasteiger partial charge >= 0.3 is 4.87 Å². The average Bonchev–Trinajstić information content (AvgIpc) is 2.86. The summed E-state index contributed by atoms with van der Waals surface area (Å²) >= 11 is 1.06. The average molecular weight is 384 g/mol. The van der Waals surface area contributed by atoms with Crippen LogP contribution in [0.3, 0.4) is 0 Å². The van der Waals surface area contributed by atoms with Crippen molar-refractivity contribution in [3.63, 3.8) is 0 Å². The second-order valence-corrected chi connectivity index (χ2v) is 9.62. The van der Waals surface area contributed by atoms with Gasteiger partial charge in [0.1, 0.15) is 0 Å². The van der Waals surface area contributed by atoms with Gasteiger partial charge in [0, 0.05) is 20.1 Å². The lowest BCUT2D eigenvalue weighted by Gasteiger charge is -2.30. The first kappa shape index (κ1) is 18.6. The molecular formula is C17H25N3O3S2. The molecule has 0 aliphatic carbocycles. The smallest absolute Gasteiger partial charge is 0.303 e. The predicted octanol–water partition coefficient (Wildman–Crippen LogP) is 2.00. The van der Waals surface area contributed by atoms with Gasteiger partial charge in [0.15, 0.2) is 0 Å². The largest absolute Gasteiger partial charge is 0.307 e. The molecule has 8 heteroatoms. The zero-order valence-electron chi connectivity index (χ0n) is 14.7. The minimum absolute atomic E-state index is 0.0896. The molecule has 3 rings (SSSR count). The Balaban J connectivity index is 1.59. The molecule has 2 aromatic rings. The summed E-state index contributed by atoms with van der Waals surface area (Å²) in [4.78, 5) is 14.2. The number of fused-ring (bicyclic) bond motifs is 1. The molecule has 0 radical (unpaired) electrons. The molecule has 2 heterocycles. The molecule has 1 aromatic carbocycles. The third-order valence-electron chi connectivity index (χ3n) is 4.76. The van der Waals surface area contributed by atoms with Crippen molar-refractivity contribution in [1.29, 1.82) is 0 Å². The number of benzene rings is 1. The standard InChI is InChI=1S/C17H25N3O3S2/c1-13-5-3-9-20(12-13)10-4-8-18-25(22,23)14-6-7-15-16(11-14)24-17(21)19(15)2/h6-7,11,13,18H,3-5,8-10,12H2,1-2H3/t13-/m1/s1. The van der Waals surface area contributed by atoms with E-state index in [4.69, 9.17) is 0 Å². The van der Waals surface area contributed by atoms with Gasteiger partial charge in [-0.05, 0) is 56.5 Å². The first-order chi connectivity index (χ1) is 11.9. The predicted molar refractivity (Wildman–Crippen MR) is 102 cm³/mol. The molecule has 0 saturated carbocycles. The second-order valence-electron chi connectivity index (χ2n) is 6.86.